The minimum Gasteiger partial charge on any atom is -0.465 e. The third-order valence-electron chi connectivity index (χ3n) is 13.8. The quantitative estimate of drug-likeness (QED) is 0.0784. The summed E-state index contributed by atoms with van der Waals surface area (Å²) in [6.45, 7) is 4.13. The van der Waals surface area contributed by atoms with Crippen molar-refractivity contribution in [1.29, 1.82) is 0 Å². The van der Waals surface area contributed by atoms with Crippen LogP contribution in [0.5, 0.6) is 5.75 Å². The number of nitrogens with one attached hydrogen (secondary N) is 2. The molecule has 1 spiro atoms. The van der Waals surface area contributed by atoms with Gasteiger partial charge in [-0.05, 0) is 119 Å². The van der Waals surface area contributed by atoms with Crippen LogP contribution in [-0.2, 0) is 23.7 Å². The Bertz CT molecular complexity index is 2430. The fourth-order valence-corrected chi connectivity index (χ4v) is 13.0. The Morgan fingerprint density at radius 1 is 0.970 bits per heavy atom. The lowest BCUT2D eigenvalue weighted by atomic mass is 9.93. The SMILES string of the molecule is CCCOC(=O)[C@H](C)N[P@](=O)(Oc1ccccc1)[C@@H](F)c1ccc2sc(C(=O)N[C@H]3CC[C@H](N(C)CCC(F)F)C[C@H]4CC[C@@H](C(=O)N5C[C@H](c6ccccc6)CC56CC6)N4C3=O)cc2c1. The molecule has 12 nitrogen and oxygen atoms in total. The molecule has 17 heteroatoms. The molecule has 3 amide bonds. The number of esters is 1. The normalized spacial score (nSPS) is 24.4. The number of likely N-dealkylation sites (tertiary alicyclic amines) is 1. The summed E-state index contributed by atoms with van der Waals surface area (Å²) in [7, 11) is -2.69. The maximum atomic E-state index is 16.7. The Balaban J connectivity index is 1.03. The van der Waals surface area contributed by atoms with E-state index in [1.54, 1.807) is 35.2 Å². The van der Waals surface area contributed by atoms with E-state index in [9.17, 15) is 32.5 Å². The molecule has 4 aromatic rings. The van der Waals surface area contributed by atoms with Crippen molar-refractivity contribution in [3.8, 4) is 5.75 Å². The predicted molar refractivity (Wildman–Crippen MR) is 247 cm³/mol. The molecule has 4 heterocycles. The number of hydrogen-bond acceptors (Lipinski definition) is 9. The van der Waals surface area contributed by atoms with Crippen LogP contribution in [0.4, 0.5) is 13.2 Å². The topological polar surface area (TPSA) is 138 Å². The number of hydrogen-bond donors (Lipinski definition) is 2. The Labute approximate surface area is 388 Å². The summed E-state index contributed by atoms with van der Waals surface area (Å²) in [6, 6.07) is 21.0. The van der Waals surface area contributed by atoms with Gasteiger partial charge in [0.1, 0.15) is 23.9 Å². The number of rotatable bonds is 17. The first-order chi connectivity index (χ1) is 31.7. The van der Waals surface area contributed by atoms with Crippen molar-refractivity contribution in [2.45, 2.75) is 132 Å². The predicted octanol–water partition coefficient (Wildman–Crippen LogP) is 9.22. The Morgan fingerprint density at radius 2 is 1.70 bits per heavy atom. The van der Waals surface area contributed by atoms with Crippen LogP contribution in [0, 0.1) is 0 Å². The first-order valence-electron chi connectivity index (χ1n) is 23.1. The lowest BCUT2D eigenvalue weighted by Crippen LogP contribution is -2.59. The molecule has 0 unspecified atom stereocenters. The smallest absolute Gasteiger partial charge is 0.355 e. The van der Waals surface area contributed by atoms with Gasteiger partial charge >= 0.3 is 13.5 Å². The summed E-state index contributed by atoms with van der Waals surface area (Å²) in [5, 5.41) is 6.05. The van der Waals surface area contributed by atoms with E-state index in [1.807, 2.05) is 42.0 Å². The second-order valence-corrected chi connectivity index (χ2v) is 21.6. The summed E-state index contributed by atoms with van der Waals surface area (Å²) < 4.78 is 69.5. The number of nitrogens with zero attached hydrogens (tertiary/aromatic N) is 3. The molecule has 354 valence electrons. The van der Waals surface area contributed by atoms with Crippen molar-refractivity contribution >= 4 is 52.6 Å². The van der Waals surface area contributed by atoms with E-state index in [0.717, 1.165) is 30.6 Å². The maximum absolute atomic E-state index is 16.7. The highest BCUT2D eigenvalue weighted by Gasteiger charge is 2.58. The fraction of sp³-hybridized carbons (Fsp3) is 0.510. The van der Waals surface area contributed by atoms with Crippen LogP contribution >= 0.6 is 18.9 Å². The Morgan fingerprint density at radius 3 is 2.39 bits per heavy atom. The number of carbonyl (C=O) groups excluding carboxylic acids is 4. The van der Waals surface area contributed by atoms with Gasteiger partial charge in [0.2, 0.25) is 24.2 Å². The van der Waals surface area contributed by atoms with E-state index >= 15 is 4.39 Å². The van der Waals surface area contributed by atoms with E-state index in [2.05, 4.69) is 22.5 Å². The summed E-state index contributed by atoms with van der Waals surface area (Å²) in [4.78, 5) is 62.3. The van der Waals surface area contributed by atoms with Gasteiger partial charge in [0, 0.05) is 47.8 Å². The van der Waals surface area contributed by atoms with Crippen LogP contribution < -0.4 is 14.9 Å². The minimum absolute atomic E-state index is 0.0119. The summed E-state index contributed by atoms with van der Waals surface area (Å²) in [6.07, 6.45) is 2.80. The zero-order chi connectivity index (χ0) is 46.8. The van der Waals surface area contributed by atoms with Crippen molar-refractivity contribution in [2.24, 2.45) is 0 Å². The lowest BCUT2D eigenvalue weighted by Gasteiger charge is -2.41. The lowest BCUT2D eigenvalue weighted by molar-refractivity contribution is -0.148. The molecule has 0 bridgehead atoms. The molecule has 8 atom stereocenters. The highest BCUT2D eigenvalue weighted by molar-refractivity contribution is 7.57. The van der Waals surface area contributed by atoms with Gasteiger partial charge in [0.05, 0.1) is 11.5 Å². The summed E-state index contributed by atoms with van der Waals surface area (Å²) in [5.74, 6) is -3.55. The summed E-state index contributed by atoms with van der Waals surface area (Å²) >= 11 is 1.14. The van der Waals surface area contributed by atoms with Gasteiger partial charge < -0.3 is 29.3 Å². The monoisotopic (exact) mass is 949 g/mol. The number of halogens is 3. The Kier molecular flexibility index (Phi) is 14.6. The highest BCUT2D eigenvalue weighted by atomic mass is 32.1. The number of carbonyl (C=O) groups is 4. The number of amides is 3. The third kappa shape index (κ3) is 10.4. The van der Waals surface area contributed by atoms with Gasteiger partial charge in [-0.2, -0.15) is 0 Å². The molecule has 3 saturated heterocycles. The van der Waals surface area contributed by atoms with Crippen molar-refractivity contribution < 1.29 is 46.2 Å². The average molecular weight is 950 g/mol. The highest BCUT2D eigenvalue weighted by Crippen LogP contribution is 2.58. The second-order valence-electron chi connectivity index (χ2n) is 18.4. The van der Waals surface area contributed by atoms with Crippen LogP contribution in [0.3, 0.4) is 0 Å². The first-order valence-corrected chi connectivity index (χ1v) is 25.6. The fourth-order valence-electron chi connectivity index (χ4n) is 10.1. The van der Waals surface area contributed by atoms with Crippen LogP contribution in [0.2, 0.25) is 0 Å². The molecule has 4 fully saturated rings. The van der Waals surface area contributed by atoms with Gasteiger partial charge in [-0.3, -0.25) is 23.7 Å². The number of fused-ring (bicyclic) bond motifs is 2. The van der Waals surface area contributed by atoms with E-state index in [-0.39, 0.29) is 77.5 Å². The van der Waals surface area contributed by atoms with Gasteiger partial charge in [-0.15, -0.1) is 11.3 Å². The van der Waals surface area contributed by atoms with Gasteiger partial charge in [0.25, 0.3) is 5.91 Å². The van der Waals surface area contributed by atoms with Crippen LogP contribution in [0.25, 0.3) is 10.1 Å². The molecule has 3 aliphatic heterocycles. The minimum atomic E-state index is -4.50. The zero-order valence-corrected chi connectivity index (χ0v) is 39.3. The number of thiophene rings is 1. The van der Waals surface area contributed by atoms with E-state index in [4.69, 9.17) is 9.26 Å². The number of benzene rings is 3. The summed E-state index contributed by atoms with van der Waals surface area (Å²) in [5.41, 5.74) is 0.955. The van der Waals surface area contributed by atoms with Crippen LogP contribution in [0.1, 0.15) is 111 Å². The maximum Gasteiger partial charge on any atom is 0.355 e. The molecule has 0 radical (unpaired) electrons. The van der Waals surface area contributed by atoms with Crippen molar-refractivity contribution in [3.63, 3.8) is 0 Å². The number of alkyl halides is 3. The molecule has 1 saturated carbocycles. The standard InChI is InChI=1S/C49H59F3N5O7PS/c1-4-25-63-48(61)31(2)54-65(62,64-38-13-9-6-10-14-38)44(52)33-15-20-41-34(26-33)27-42(66-41)45(58)53-39-18-16-36(55(3)24-21-43(50)51)28-37-17-19-40(57(37)46(39)59)47(60)56-30-35(29-49(56)22-23-49)32-11-7-5-8-12-32/h5-15,20,26-27,31,35-37,39-40,43-44H,4,16-19,21-25,28-30H2,1-3H3,(H,53,58)(H,54,62)/t31-,35+,36-,37+,39-,40-,44+,65+/m0/s1. The number of ether oxygens (including phenoxy) is 1. The van der Waals surface area contributed by atoms with Gasteiger partial charge in [-0.25, -0.2) is 18.3 Å². The van der Waals surface area contributed by atoms with Gasteiger partial charge in [0.15, 0.2) is 0 Å². The third-order valence-corrected chi connectivity index (χ3v) is 17.0. The molecular formula is C49H59F3N5O7PS. The van der Waals surface area contributed by atoms with E-state index in [1.165, 1.54) is 36.8 Å². The van der Waals surface area contributed by atoms with Crippen molar-refractivity contribution in [3.05, 3.63) is 101 Å². The van der Waals surface area contributed by atoms with E-state index in [0.29, 0.717) is 48.7 Å². The molecule has 2 N–H and O–H groups in total. The molecule has 4 aliphatic rings. The molecule has 66 heavy (non-hydrogen) atoms. The second kappa shape index (κ2) is 20.2. The molecule has 8 rings (SSSR count). The Hall–Kier alpha value is -4.76. The van der Waals surface area contributed by atoms with Gasteiger partial charge in [-0.1, -0.05) is 61.5 Å². The zero-order valence-electron chi connectivity index (χ0n) is 37.6. The molecule has 1 aromatic heterocycles. The van der Waals surface area contributed by atoms with Crippen LogP contribution in [-0.4, -0.2) is 107 Å². The molecule has 3 aromatic carbocycles. The van der Waals surface area contributed by atoms with Crippen LogP contribution in [0.15, 0.2) is 84.9 Å². The number of para-hydroxylation sites is 1. The average Bonchev–Trinajstić information content (AvgIpc) is 3.59. The largest absolute Gasteiger partial charge is 0.465 e. The van der Waals surface area contributed by atoms with Crippen molar-refractivity contribution in [2.75, 3.05) is 26.7 Å². The van der Waals surface area contributed by atoms with E-state index < -0.39 is 49.9 Å². The van der Waals surface area contributed by atoms with Crippen molar-refractivity contribution in [1.82, 2.24) is 25.1 Å². The first kappa shape index (κ1) is 47.7. The molecule has 1 aliphatic carbocycles. The molecular weight excluding hydrogens is 891 g/mol.